The molecule has 2 rings (SSSR count). The van der Waals surface area contributed by atoms with Gasteiger partial charge in [-0.25, -0.2) is 0 Å². The highest BCUT2D eigenvalue weighted by atomic mass is 16.6. The van der Waals surface area contributed by atoms with Gasteiger partial charge in [0.15, 0.2) is 0 Å². The van der Waals surface area contributed by atoms with E-state index in [9.17, 15) is 4.79 Å². The van der Waals surface area contributed by atoms with E-state index in [1.807, 2.05) is 0 Å². The highest BCUT2D eigenvalue weighted by Crippen LogP contribution is 2.14. The molecule has 4 heteroatoms. The Hall–Kier alpha value is -0.610. The summed E-state index contributed by atoms with van der Waals surface area (Å²) in [5, 5.41) is 3.13. The number of hydrogen-bond donors (Lipinski definition) is 1. The molecule has 2 heterocycles. The van der Waals surface area contributed by atoms with Gasteiger partial charge in [0.2, 0.25) is 0 Å². The Morgan fingerprint density at radius 2 is 2.27 bits per heavy atom. The van der Waals surface area contributed by atoms with Gasteiger partial charge >= 0.3 is 5.97 Å². The van der Waals surface area contributed by atoms with Crippen LogP contribution in [0.2, 0.25) is 0 Å². The van der Waals surface area contributed by atoms with Crippen LogP contribution in [-0.2, 0) is 14.3 Å². The van der Waals surface area contributed by atoms with E-state index in [1.165, 1.54) is 6.42 Å². The van der Waals surface area contributed by atoms with Gasteiger partial charge in [0, 0.05) is 6.61 Å². The predicted molar refractivity (Wildman–Crippen MR) is 55.6 cm³/mol. The Kier molecular flexibility index (Phi) is 3.97. The van der Waals surface area contributed by atoms with Crippen molar-refractivity contribution in [2.24, 2.45) is 0 Å². The van der Waals surface area contributed by atoms with Crippen molar-refractivity contribution < 1.29 is 14.3 Å². The fourth-order valence-corrected chi connectivity index (χ4v) is 2.10. The van der Waals surface area contributed by atoms with Crippen LogP contribution in [0.5, 0.6) is 0 Å². The number of esters is 1. The van der Waals surface area contributed by atoms with Gasteiger partial charge in [-0.1, -0.05) is 0 Å². The molecule has 0 amide bonds. The first-order valence-electron chi connectivity index (χ1n) is 5.88. The summed E-state index contributed by atoms with van der Waals surface area (Å²) in [6.07, 6.45) is 5.44. The zero-order valence-electron chi connectivity index (χ0n) is 9.04. The minimum absolute atomic E-state index is 0.0754. The third-order valence-electron chi connectivity index (χ3n) is 3.03. The van der Waals surface area contributed by atoms with Crippen LogP contribution in [0.3, 0.4) is 0 Å². The second kappa shape index (κ2) is 5.47. The molecule has 1 unspecified atom stereocenters. The average molecular weight is 213 g/mol. The molecule has 0 radical (unpaired) electrons. The van der Waals surface area contributed by atoms with Crippen molar-refractivity contribution in [1.29, 1.82) is 0 Å². The van der Waals surface area contributed by atoms with Crippen LogP contribution < -0.4 is 5.32 Å². The minimum Gasteiger partial charge on any atom is -0.462 e. The van der Waals surface area contributed by atoms with Gasteiger partial charge < -0.3 is 14.8 Å². The second-order valence-corrected chi connectivity index (χ2v) is 4.27. The first kappa shape index (κ1) is 10.9. The third kappa shape index (κ3) is 3.18. The fourth-order valence-electron chi connectivity index (χ4n) is 2.10. The Morgan fingerprint density at radius 3 is 2.93 bits per heavy atom. The largest absolute Gasteiger partial charge is 0.462 e. The van der Waals surface area contributed by atoms with Crippen molar-refractivity contribution in [2.45, 2.75) is 44.2 Å². The standard InChI is InChI=1S/C11H19NO3/c13-11(10-5-3-6-12-10)15-8-9-4-1-2-7-14-9/h9-10,12H,1-8H2/t9?,10-/m0/s1. The molecule has 0 aromatic heterocycles. The lowest BCUT2D eigenvalue weighted by Gasteiger charge is -2.22. The van der Waals surface area contributed by atoms with Crippen LogP contribution in [0.1, 0.15) is 32.1 Å². The van der Waals surface area contributed by atoms with E-state index in [4.69, 9.17) is 9.47 Å². The monoisotopic (exact) mass is 213 g/mol. The van der Waals surface area contributed by atoms with Gasteiger partial charge in [-0.15, -0.1) is 0 Å². The third-order valence-corrected chi connectivity index (χ3v) is 3.03. The van der Waals surface area contributed by atoms with Crippen molar-refractivity contribution in [1.82, 2.24) is 5.32 Å². The molecule has 4 nitrogen and oxygen atoms in total. The number of ether oxygens (including phenoxy) is 2. The van der Waals surface area contributed by atoms with Crippen molar-refractivity contribution in [3.8, 4) is 0 Å². The normalized spacial score (nSPS) is 31.5. The van der Waals surface area contributed by atoms with Crippen LogP contribution >= 0.6 is 0 Å². The Balaban J connectivity index is 1.65. The molecule has 0 bridgehead atoms. The summed E-state index contributed by atoms with van der Waals surface area (Å²) in [5.74, 6) is -0.110. The van der Waals surface area contributed by atoms with E-state index in [0.29, 0.717) is 6.61 Å². The van der Waals surface area contributed by atoms with E-state index < -0.39 is 0 Å². The Labute approximate surface area is 90.3 Å². The van der Waals surface area contributed by atoms with Gasteiger partial charge in [-0.05, 0) is 38.6 Å². The summed E-state index contributed by atoms with van der Waals surface area (Å²) in [6, 6.07) is -0.0754. The van der Waals surface area contributed by atoms with Gasteiger partial charge in [0.1, 0.15) is 12.6 Å². The number of carbonyl (C=O) groups excluding carboxylic acids is 1. The first-order chi connectivity index (χ1) is 7.36. The predicted octanol–water partition coefficient (Wildman–Crippen LogP) is 0.851. The van der Waals surface area contributed by atoms with Crippen LogP contribution in [0.15, 0.2) is 0 Å². The molecule has 86 valence electrons. The molecule has 2 aliphatic rings. The molecule has 0 aromatic carbocycles. The second-order valence-electron chi connectivity index (χ2n) is 4.27. The lowest BCUT2D eigenvalue weighted by molar-refractivity contribution is -0.151. The molecule has 2 atom stereocenters. The van der Waals surface area contributed by atoms with E-state index in [2.05, 4.69) is 5.32 Å². The topological polar surface area (TPSA) is 47.6 Å². The molecule has 0 aromatic rings. The van der Waals surface area contributed by atoms with Gasteiger partial charge in [0.25, 0.3) is 0 Å². The molecule has 0 saturated carbocycles. The van der Waals surface area contributed by atoms with Crippen LogP contribution in [-0.4, -0.2) is 37.9 Å². The van der Waals surface area contributed by atoms with Crippen LogP contribution in [0.25, 0.3) is 0 Å². The van der Waals surface area contributed by atoms with E-state index in [0.717, 1.165) is 38.8 Å². The Bertz CT molecular complexity index is 208. The van der Waals surface area contributed by atoms with E-state index in [-0.39, 0.29) is 18.1 Å². The number of rotatable bonds is 3. The quantitative estimate of drug-likeness (QED) is 0.706. The molecule has 0 spiro atoms. The average Bonchev–Trinajstić information content (AvgIpc) is 2.81. The molecular formula is C11H19NO3. The molecular weight excluding hydrogens is 194 g/mol. The SMILES string of the molecule is O=C(OCC1CCCCO1)[C@@H]1CCCN1. The fraction of sp³-hybridized carbons (Fsp3) is 0.909. The molecule has 2 saturated heterocycles. The van der Waals surface area contributed by atoms with E-state index >= 15 is 0 Å². The van der Waals surface area contributed by atoms with Gasteiger partial charge in [0.05, 0.1) is 6.10 Å². The van der Waals surface area contributed by atoms with Crippen LogP contribution in [0.4, 0.5) is 0 Å². The minimum atomic E-state index is -0.110. The number of carbonyl (C=O) groups is 1. The summed E-state index contributed by atoms with van der Waals surface area (Å²) in [5.41, 5.74) is 0. The van der Waals surface area contributed by atoms with E-state index in [1.54, 1.807) is 0 Å². The van der Waals surface area contributed by atoms with Crippen molar-refractivity contribution in [3.63, 3.8) is 0 Å². The lowest BCUT2D eigenvalue weighted by atomic mass is 10.1. The Morgan fingerprint density at radius 1 is 1.33 bits per heavy atom. The van der Waals surface area contributed by atoms with Gasteiger partial charge in [-0.3, -0.25) is 4.79 Å². The maximum absolute atomic E-state index is 11.5. The zero-order chi connectivity index (χ0) is 10.5. The summed E-state index contributed by atoms with van der Waals surface area (Å²) in [7, 11) is 0. The highest BCUT2D eigenvalue weighted by molar-refractivity contribution is 5.76. The van der Waals surface area contributed by atoms with Crippen molar-refractivity contribution in [2.75, 3.05) is 19.8 Å². The molecule has 2 aliphatic heterocycles. The summed E-state index contributed by atoms with van der Waals surface area (Å²) in [6.45, 7) is 2.17. The first-order valence-corrected chi connectivity index (χ1v) is 5.88. The lowest BCUT2D eigenvalue weighted by Crippen LogP contribution is -2.35. The smallest absolute Gasteiger partial charge is 0.323 e. The highest BCUT2D eigenvalue weighted by Gasteiger charge is 2.24. The van der Waals surface area contributed by atoms with Gasteiger partial charge in [-0.2, -0.15) is 0 Å². The summed E-state index contributed by atoms with van der Waals surface area (Å²) >= 11 is 0. The van der Waals surface area contributed by atoms with Crippen molar-refractivity contribution in [3.05, 3.63) is 0 Å². The zero-order valence-corrected chi connectivity index (χ0v) is 9.04. The summed E-state index contributed by atoms with van der Waals surface area (Å²) in [4.78, 5) is 11.5. The summed E-state index contributed by atoms with van der Waals surface area (Å²) < 4.78 is 10.7. The molecule has 15 heavy (non-hydrogen) atoms. The number of hydrogen-bond acceptors (Lipinski definition) is 4. The maximum Gasteiger partial charge on any atom is 0.323 e. The maximum atomic E-state index is 11.5. The molecule has 0 aliphatic carbocycles. The molecule has 1 N–H and O–H groups in total. The molecule has 2 fully saturated rings. The van der Waals surface area contributed by atoms with Crippen LogP contribution in [0, 0.1) is 0 Å². The van der Waals surface area contributed by atoms with Crippen molar-refractivity contribution >= 4 is 5.97 Å². The number of nitrogens with one attached hydrogen (secondary N) is 1.